The molecule has 0 spiro atoms. The van der Waals surface area contributed by atoms with Gasteiger partial charge in [0.1, 0.15) is 6.61 Å². The number of hydrogen-bond acceptors (Lipinski definition) is 3. The summed E-state index contributed by atoms with van der Waals surface area (Å²) in [5, 5.41) is 9.27. The molecule has 0 fully saturated rings. The van der Waals surface area contributed by atoms with Gasteiger partial charge in [-0.1, -0.05) is 19.9 Å². The molecule has 3 heteroatoms. The number of nitriles is 1. The Morgan fingerprint density at radius 1 is 1.42 bits per heavy atom. The number of hydrogen-bond donors (Lipinski definition) is 0. The molecule has 1 aromatic rings. The normalized spacial score (nSPS) is 16.9. The molecule has 0 N–H and O–H groups in total. The van der Waals surface area contributed by atoms with Crippen molar-refractivity contribution in [3.63, 3.8) is 0 Å². The lowest BCUT2D eigenvalue weighted by Gasteiger charge is -2.12. The molecule has 2 rings (SSSR count). The maximum absolute atomic E-state index is 9.27. The Balaban J connectivity index is 2.49. The van der Waals surface area contributed by atoms with Crippen LogP contribution in [0.2, 0.25) is 0 Å². The predicted octanol–water partition coefficient (Wildman–Crippen LogP) is 3.31. The van der Waals surface area contributed by atoms with Crippen LogP contribution in [0.15, 0.2) is 23.2 Å². The van der Waals surface area contributed by atoms with E-state index in [9.17, 15) is 5.26 Å². The van der Waals surface area contributed by atoms with Gasteiger partial charge in [0.05, 0.1) is 17.2 Å². The molecule has 1 aliphatic rings. The molecule has 100 valence electrons. The minimum atomic E-state index is -0.174. The van der Waals surface area contributed by atoms with E-state index in [4.69, 9.17) is 4.74 Å². The van der Waals surface area contributed by atoms with Crippen LogP contribution in [-0.2, 0) is 11.2 Å². The van der Waals surface area contributed by atoms with Crippen molar-refractivity contribution < 1.29 is 4.74 Å². The smallest absolute Gasteiger partial charge is 0.217 e. The molecule has 0 aromatic heterocycles. The number of rotatable bonds is 3. The van der Waals surface area contributed by atoms with E-state index >= 15 is 0 Å². The van der Waals surface area contributed by atoms with Crippen LogP contribution in [0.5, 0.6) is 0 Å². The molecule has 0 atom stereocenters. The average molecular weight is 256 g/mol. The van der Waals surface area contributed by atoms with Crippen molar-refractivity contribution in [1.29, 1.82) is 5.26 Å². The molecule has 1 heterocycles. The molecular formula is C16H20N2O. The summed E-state index contributed by atoms with van der Waals surface area (Å²) in [5.74, 6) is 1.17. The summed E-state index contributed by atoms with van der Waals surface area (Å²) in [5.41, 5.74) is 2.57. The predicted molar refractivity (Wildman–Crippen MR) is 76.3 cm³/mol. The zero-order valence-electron chi connectivity index (χ0n) is 12.0. The highest BCUT2D eigenvalue weighted by Crippen LogP contribution is 2.25. The highest BCUT2D eigenvalue weighted by Gasteiger charge is 2.28. The second-order valence-corrected chi connectivity index (χ2v) is 6.06. The minimum absolute atomic E-state index is 0.174. The van der Waals surface area contributed by atoms with Gasteiger partial charge < -0.3 is 4.74 Å². The molecule has 0 bridgehead atoms. The Hall–Kier alpha value is -1.82. The van der Waals surface area contributed by atoms with Crippen LogP contribution in [0, 0.1) is 17.2 Å². The van der Waals surface area contributed by atoms with E-state index < -0.39 is 0 Å². The van der Waals surface area contributed by atoms with Gasteiger partial charge in [-0.3, -0.25) is 0 Å². The first kappa shape index (κ1) is 13.6. The zero-order chi connectivity index (χ0) is 14.0. The van der Waals surface area contributed by atoms with E-state index in [-0.39, 0.29) is 5.54 Å². The molecular weight excluding hydrogens is 236 g/mol. The fraction of sp³-hybridized carbons (Fsp3) is 0.500. The Morgan fingerprint density at radius 3 is 2.68 bits per heavy atom. The molecule has 19 heavy (non-hydrogen) atoms. The lowest BCUT2D eigenvalue weighted by atomic mass is 9.93. The van der Waals surface area contributed by atoms with Crippen molar-refractivity contribution in [2.24, 2.45) is 10.9 Å². The molecule has 3 nitrogen and oxygen atoms in total. The van der Waals surface area contributed by atoms with Gasteiger partial charge in [-0.25, -0.2) is 4.99 Å². The van der Waals surface area contributed by atoms with Crippen molar-refractivity contribution >= 4 is 5.90 Å². The fourth-order valence-electron chi connectivity index (χ4n) is 2.24. The summed E-state index contributed by atoms with van der Waals surface area (Å²) in [6.45, 7) is 9.01. The Morgan fingerprint density at radius 2 is 2.16 bits per heavy atom. The molecule has 0 aliphatic carbocycles. The molecule has 1 aliphatic heterocycles. The average Bonchev–Trinajstić information content (AvgIpc) is 2.69. The van der Waals surface area contributed by atoms with Crippen molar-refractivity contribution in [2.75, 3.05) is 6.61 Å². The second-order valence-electron chi connectivity index (χ2n) is 6.06. The van der Waals surface area contributed by atoms with Crippen LogP contribution in [0.1, 0.15) is 44.4 Å². The van der Waals surface area contributed by atoms with E-state index in [1.807, 2.05) is 18.2 Å². The first-order valence-electron chi connectivity index (χ1n) is 6.68. The van der Waals surface area contributed by atoms with E-state index in [0.717, 1.165) is 23.1 Å². The number of nitrogens with zero attached hydrogens (tertiary/aromatic N) is 2. The van der Waals surface area contributed by atoms with Gasteiger partial charge in [-0.05, 0) is 43.9 Å². The van der Waals surface area contributed by atoms with E-state index in [1.54, 1.807) is 0 Å². The SMILES string of the molecule is CC(C)Cc1c(C#N)cccc1C1=NC(C)(C)CO1. The molecule has 0 saturated heterocycles. The number of benzene rings is 1. The van der Waals surface area contributed by atoms with Crippen LogP contribution >= 0.6 is 0 Å². The van der Waals surface area contributed by atoms with Crippen molar-refractivity contribution in [1.82, 2.24) is 0 Å². The van der Waals surface area contributed by atoms with Crippen LogP contribution in [0.3, 0.4) is 0 Å². The van der Waals surface area contributed by atoms with Crippen LogP contribution in [0.25, 0.3) is 0 Å². The van der Waals surface area contributed by atoms with Gasteiger partial charge in [0.2, 0.25) is 5.90 Å². The summed E-state index contributed by atoms with van der Waals surface area (Å²) in [7, 11) is 0. The Bertz CT molecular complexity index is 550. The monoisotopic (exact) mass is 256 g/mol. The van der Waals surface area contributed by atoms with E-state index in [0.29, 0.717) is 18.4 Å². The molecule has 0 radical (unpaired) electrons. The topological polar surface area (TPSA) is 45.4 Å². The van der Waals surface area contributed by atoms with Gasteiger partial charge in [0.15, 0.2) is 0 Å². The molecule has 0 unspecified atom stereocenters. The summed E-state index contributed by atoms with van der Waals surface area (Å²) in [6.07, 6.45) is 0.863. The quantitative estimate of drug-likeness (QED) is 0.832. The molecule has 0 amide bonds. The third-order valence-corrected chi connectivity index (χ3v) is 3.11. The number of aliphatic imine (C=N–C) groups is 1. The van der Waals surface area contributed by atoms with Crippen LogP contribution in [-0.4, -0.2) is 18.0 Å². The van der Waals surface area contributed by atoms with Crippen molar-refractivity contribution in [3.8, 4) is 6.07 Å². The lowest BCUT2D eigenvalue weighted by Crippen LogP contribution is -2.17. The molecule has 1 aromatic carbocycles. The lowest BCUT2D eigenvalue weighted by molar-refractivity contribution is 0.279. The highest BCUT2D eigenvalue weighted by molar-refractivity contribution is 5.97. The standard InChI is InChI=1S/C16H20N2O/c1-11(2)8-14-12(9-17)6-5-7-13(14)15-18-16(3,4)10-19-15/h5-7,11H,8,10H2,1-4H3. The minimum Gasteiger partial charge on any atom is -0.475 e. The summed E-state index contributed by atoms with van der Waals surface area (Å²) in [6, 6.07) is 8.03. The maximum Gasteiger partial charge on any atom is 0.217 e. The summed E-state index contributed by atoms with van der Waals surface area (Å²) < 4.78 is 5.72. The third-order valence-electron chi connectivity index (χ3n) is 3.11. The summed E-state index contributed by atoms with van der Waals surface area (Å²) in [4.78, 5) is 4.62. The highest BCUT2D eigenvalue weighted by atomic mass is 16.5. The second kappa shape index (κ2) is 5.05. The van der Waals surface area contributed by atoms with Gasteiger partial charge in [0, 0.05) is 5.56 Å². The van der Waals surface area contributed by atoms with Gasteiger partial charge in [0.25, 0.3) is 0 Å². The van der Waals surface area contributed by atoms with Crippen LogP contribution < -0.4 is 0 Å². The first-order chi connectivity index (χ1) is 8.93. The van der Waals surface area contributed by atoms with Gasteiger partial charge in [-0.2, -0.15) is 5.26 Å². The fourth-order valence-corrected chi connectivity index (χ4v) is 2.24. The third kappa shape index (κ3) is 2.96. The van der Waals surface area contributed by atoms with Crippen molar-refractivity contribution in [3.05, 3.63) is 34.9 Å². The largest absolute Gasteiger partial charge is 0.475 e. The van der Waals surface area contributed by atoms with Crippen molar-refractivity contribution in [2.45, 2.75) is 39.7 Å². The summed E-state index contributed by atoms with van der Waals surface area (Å²) >= 11 is 0. The van der Waals surface area contributed by atoms with E-state index in [1.165, 1.54) is 0 Å². The van der Waals surface area contributed by atoms with Gasteiger partial charge >= 0.3 is 0 Å². The zero-order valence-corrected chi connectivity index (χ0v) is 12.0. The maximum atomic E-state index is 9.27. The van der Waals surface area contributed by atoms with E-state index in [2.05, 4.69) is 38.8 Å². The Labute approximate surface area is 114 Å². The van der Waals surface area contributed by atoms with Crippen LogP contribution in [0.4, 0.5) is 0 Å². The first-order valence-corrected chi connectivity index (χ1v) is 6.68. The van der Waals surface area contributed by atoms with Gasteiger partial charge in [-0.15, -0.1) is 0 Å². The molecule has 0 saturated carbocycles. The Kier molecular flexibility index (Phi) is 3.61. The number of ether oxygens (including phenoxy) is 1.